The Morgan fingerprint density at radius 2 is 1.84 bits per heavy atom. The van der Waals surface area contributed by atoms with Gasteiger partial charge in [-0.2, -0.15) is 0 Å². The van der Waals surface area contributed by atoms with Crippen molar-refractivity contribution in [3.05, 3.63) is 82.2 Å². The highest BCUT2D eigenvalue weighted by molar-refractivity contribution is 8.18. The largest absolute Gasteiger partial charge is 0.506 e. The summed E-state index contributed by atoms with van der Waals surface area (Å²) < 4.78 is 17.8. The summed E-state index contributed by atoms with van der Waals surface area (Å²) in [6.45, 7) is 0. The highest BCUT2D eigenvalue weighted by Crippen LogP contribution is 2.40. The van der Waals surface area contributed by atoms with Crippen LogP contribution in [-0.4, -0.2) is 23.2 Å². The number of carbonyl (C=O) groups is 1. The minimum absolute atomic E-state index is 0.0183. The second-order valence-electron chi connectivity index (χ2n) is 5.13. The van der Waals surface area contributed by atoms with Crippen molar-refractivity contribution in [3.63, 3.8) is 0 Å². The fourth-order valence-electron chi connectivity index (χ4n) is 2.22. The Morgan fingerprint density at radius 1 is 1.16 bits per heavy atom. The van der Waals surface area contributed by atoms with E-state index in [1.54, 1.807) is 30.3 Å². The van der Waals surface area contributed by atoms with Crippen LogP contribution in [0.2, 0.25) is 0 Å². The van der Waals surface area contributed by atoms with E-state index in [2.05, 4.69) is 4.99 Å². The molecule has 0 atom stereocenters. The first-order valence-electron chi connectivity index (χ1n) is 7.39. The molecule has 0 saturated heterocycles. The highest BCUT2D eigenvalue weighted by atomic mass is 32.2. The number of aliphatic hydroxyl groups excluding tert-OH is 1. The van der Waals surface area contributed by atoms with E-state index < -0.39 is 5.97 Å². The normalized spacial score (nSPS) is 17.4. The van der Waals surface area contributed by atoms with Gasteiger partial charge in [0.25, 0.3) is 0 Å². The zero-order valence-corrected chi connectivity index (χ0v) is 14.1. The van der Waals surface area contributed by atoms with E-state index in [-0.39, 0.29) is 17.1 Å². The summed E-state index contributed by atoms with van der Waals surface area (Å²) in [6, 6.07) is 14.9. The summed E-state index contributed by atoms with van der Waals surface area (Å²) in [5.41, 5.74) is 1.37. The minimum atomic E-state index is -0.665. The third-order valence-electron chi connectivity index (χ3n) is 3.43. The summed E-state index contributed by atoms with van der Waals surface area (Å²) in [7, 11) is 1.25. The molecule has 126 valence electrons. The number of methoxy groups -OCH3 is 1. The first kappa shape index (κ1) is 17.0. The lowest BCUT2D eigenvalue weighted by atomic mass is 10.1. The monoisotopic (exact) mass is 355 g/mol. The topological polar surface area (TPSA) is 58.9 Å². The van der Waals surface area contributed by atoms with E-state index in [1.807, 2.05) is 18.2 Å². The molecule has 0 radical (unpaired) electrons. The van der Waals surface area contributed by atoms with E-state index in [1.165, 1.54) is 19.2 Å². The predicted octanol–water partition coefficient (Wildman–Crippen LogP) is 4.63. The second kappa shape index (κ2) is 7.36. The number of benzene rings is 2. The smallest absolute Gasteiger partial charge is 0.344 e. The van der Waals surface area contributed by atoms with Crippen LogP contribution in [-0.2, 0) is 9.53 Å². The maximum Gasteiger partial charge on any atom is 0.344 e. The molecule has 0 saturated carbocycles. The molecule has 6 heteroatoms. The Balaban J connectivity index is 2.03. The van der Waals surface area contributed by atoms with E-state index in [9.17, 15) is 14.3 Å². The number of hydrogen-bond acceptors (Lipinski definition) is 5. The Hall–Kier alpha value is -2.86. The van der Waals surface area contributed by atoms with Crippen LogP contribution >= 0.6 is 11.8 Å². The second-order valence-corrected chi connectivity index (χ2v) is 6.16. The Kier molecular flexibility index (Phi) is 5.00. The number of nitrogens with zero attached hydrogens (tertiary/aromatic N) is 1. The molecule has 0 aromatic heterocycles. The van der Waals surface area contributed by atoms with Crippen LogP contribution in [0.1, 0.15) is 5.56 Å². The predicted molar refractivity (Wildman–Crippen MR) is 97.2 cm³/mol. The molecule has 4 nitrogen and oxygen atoms in total. The fraction of sp³-hybridized carbons (Fsp3) is 0.0526. The van der Waals surface area contributed by atoms with Gasteiger partial charge in [-0.1, -0.05) is 42.1 Å². The first-order valence-corrected chi connectivity index (χ1v) is 8.21. The molecule has 2 aromatic rings. The molecule has 25 heavy (non-hydrogen) atoms. The number of para-hydroxylation sites is 1. The van der Waals surface area contributed by atoms with E-state index in [0.717, 1.165) is 11.8 Å². The molecule has 0 amide bonds. The maximum atomic E-state index is 13.0. The molecular formula is C19H14FNO3S. The number of thioether (sulfide) groups is 1. The number of aliphatic hydroxyl groups is 1. The summed E-state index contributed by atoms with van der Waals surface area (Å²) in [5, 5.41) is 10.8. The lowest BCUT2D eigenvalue weighted by molar-refractivity contribution is -0.135. The molecule has 3 rings (SSSR count). The highest BCUT2D eigenvalue weighted by Gasteiger charge is 2.32. The van der Waals surface area contributed by atoms with Crippen molar-refractivity contribution in [2.75, 3.05) is 7.11 Å². The van der Waals surface area contributed by atoms with Gasteiger partial charge in [-0.25, -0.2) is 14.2 Å². The number of hydrogen-bond donors (Lipinski definition) is 1. The van der Waals surface area contributed by atoms with Gasteiger partial charge in [-0.15, -0.1) is 0 Å². The number of aliphatic imine (C=N–C) groups is 1. The SMILES string of the molecule is COC(=O)C1=C(O)/C(=C\c2ccc(F)cc2)SC1=Nc1ccccc1. The number of carbonyl (C=O) groups excluding carboxylic acids is 1. The van der Waals surface area contributed by atoms with Crippen molar-refractivity contribution in [2.45, 2.75) is 0 Å². The molecule has 1 heterocycles. The molecule has 1 aliphatic rings. The van der Waals surface area contributed by atoms with Gasteiger partial charge in [0.15, 0.2) is 0 Å². The van der Waals surface area contributed by atoms with Gasteiger partial charge in [0.05, 0.1) is 17.7 Å². The average molecular weight is 355 g/mol. The van der Waals surface area contributed by atoms with Crippen molar-refractivity contribution < 1.29 is 19.0 Å². The molecule has 0 fully saturated rings. The van der Waals surface area contributed by atoms with Crippen LogP contribution in [0, 0.1) is 5.82 Å². The number of rotatable bonds is 3. The zero-order valence-electron chi connectivity index (χ0n) is 13.3. The van der Waals surface area contributed by atoms with E-state index in [0.29, 0.717) is 21.2 Å². The first-order chi connectivity index (χ1) is 12.1. The number of ether oxygens (including phenoxy) is 1. The zero-order chi connectivity index (χ0) is 17.8. The summed E-state index contributed by atoms with van der Waals surface area (Å²) >= 11 is 1.16. The van der Waals surface area contributed by atoms with Crippen LogP contribution in [0.3, 0.4) is 0 Å². The van der Waals surface area contributed by atoms with Gasteiger partial charge >= 0.3 is 5.97 Å². The van der Waals surface area contributed by atoms with Crippen LogP contribution in [0.15, 0.2) is 75.8 Å². The summed E-state index contributed by atoms with van der Waals surface area (Å²) in [5.74, 6) is -1.21. The van der Waals surface area contributed by atoms with Crippen molar-refractivity contribution in [1.82, 2.24) is 0 Å². The van der Waals surface area contributed by atoms with Gasteiger partial charge < -0.3 is 9.84 Å². The lowest BCUT2D eigenvalue weighted by Gasteiger charge is -2.01. The van der Waals surface area contributed by atoms with Gasteiger partial charge in [0.2, 0.25) is 0 Å². The van der Waals surface area contributed by atoms with Crippen molar-refractivity contribution in [2.24, 2.45) is 4.99 Å². The van der Waals surface area contributed by atoms with Gasteiger partial charge in [0.1, 0.15) is 22.2 Å². The van der Waals surface area contributed by atoms with Crippen molar-refractivity contribution in [1.29, 1.82) is 0 Å². The molecule has 2 aromatic carbocycles. The molecule has 0 unspecified atom stereocenters. The van der Waals surface area contributed by atoms with E-state index >= 15 is 0 Å². The fourth-order valence-corrected chi connectivity index (χ4v) is 3.26. The third kappa shape index (κ3) is 3.80. The average Bonchev–Trinajstić information content (AvgIpc) is 2.92. The Bertz CT molecular complexity index is 887. The third-order valence-corrected chi connectivity index (χ3v) is 4.45. The minimum Gasteiger partial charge on any atom is -0.506 e. The quantitative estimate of drug-likeness (QED) is 0.816. The number of esters is 1. The standard InChI is InChI=1S/C19H14FNO3S/c1-24-19(23)16-17(22)15(11-12-7-9-13(20)10-8-12)25-18(16)21-14-5-3-2-4-6-14/h2-11,22H,1H3/b15-11+,21-18?. The van der Waals surface area contributed by atoms with Gasteiger partial charge in [-0.05, 0) is 35.9 Å². The molecule has 1 N–H and O–H groups in total. The number of halogens is 1. The molecule has 0 spiro atoms. The Morgan fingerprint density at radius 3 is 2.48 bits per heavy atom. The van der Waals surface area contributed by atoms with Crippen molar-refractivity contribution >= 4 is 34.5 Å². The van der Waals surface area contributed by atoms with Crippen LogP contribution in [0.5, 0.6) is 0 Å². The molecule has 0 aliphatic carbocycles. The van der Waals surface area contributed by atoms with Crippen LogP contribution < -0.4 is 0 Å². The summed E-state index contributed by atoms with van der Waals surface area (Å²) in [6.07, 6.45) is 1.66. The van der Waals surface area contributed by atoms with Crippen molar-refractivity contribution in [3.8, 4) is 0 Å². The molecule has 1 aliphatic heterocycles. The Labute approximate surface area is 148 Å². The maximum absolute atomic E-state index is 13.0. The summed E-state index contributed by atoms with van der Waals surface area (Å²) in [4.78, 5) is 16.9. The van der Waals surface area contributed by atoms with Gasteiger partial charge in [-0.3, -0.25) is 0 Å². The molecule has 0 bridgehead atoms. The van der Waals surface area contributed by atoms with Crippen LogP contribution in [0.4, 0.5) is 10.1 Å². The van der Waals surface area contributed by atoms with E-state index in [4.69, 9.17) is 4.74 Å². The lowest BCUT2D eigenvalue weighted by Crippen LogP contribution is -2.10. The van der Waals surface area contributed by atoms with Crippen LogP contribution in [0.25, 0.3) is 6.08 Å². The molecular weight excluding hydrogens is 341 g/mol. The van der Waals surface area contributed by atoms with Gasteiger partial charge in [0, 0.05) is 0 Å².